The zero-order valence-corrected chi connectivity index (χ0v) is 20.5. The van der Waals surface area contributed by atoms with Crippen LogP contribution >= 0.6 is 0 Å². The molecule has 3 heteroatoms. The topological polar surface area (TPSA) is 27.7 Å². The van der Waals surface area contributed by atoms with E-state index in [1.807, 2.05) is 42.5 Å². The number of allylic oxidation sites excluding steroid dienone is 1. The molecule has 4 aromatic carbocycles. The summed E-state index contributed by atoms with van der Waals surface area (Å²) in [6, 6.07) is 33.2. The highest BCUT2D eigenvalue weighted by molar-refractivity contribution is 5.96. The Labute approximate surface area is 207 Å². The first-order valence-electron chi connectivity index (χ1n) is 12.1. The van der Waals surface area contributed by atoms with Crippen molar-refractivity contribution in [1.29, 1.82) is 0 Å². The Hall–Kier alpha value is -3.98. The Kier molecular flexibility index (Phi) is 6.58. The predicted octanol–water partition coefficient (Wildman–Crippen LogP) is 8.04. The minimum atomic E-state index is -0.226. The Bertz CT molecular complexity index is 1340. The smallest absolute Gasteiger partial charge is 0.150 e. The van der Waals surface area contributed by atoms with E-state index in [2.05, 4.69) is 68.4 Å². The Morgan fingerprint density at radius 1 is 0.800 bits per heavy atom. The third kappa shape index (κ3) is 4.81. The number of hydrogen-bond acceptors (Lipinski definition) is 3. The van der Waals surface area contributed by atoms with Crippen molar-refractivity contribution in [1.82, 2.24) is 0 Å². The molecular formula is C32H30O3. The van der Waals surface area contributed by atoms with Crippen LogP contribution in [0.1, 0.15) is 47.3 Å². The van der Waals surface area contributed by atoms with Crippen molar-refractivity contribution in [3.63, 3.8) is 0 Å². The lowest BCUT2D eigenvalue weighted by Gasteiger charge is -2.32. The van der Waals surface area contributed by atoms with E-state index in [1.165, 1.54) is 22.3 Å². The SMILES string of the molecule is CCC1=C(c2cccc(OC)c2)C(c2ccc(OCc3ccccc3)cc2)Oc2ccc(C)cc21. The average molecular weight is 463 g/mol. The highest BCUT2D eigenvalue weighted by Gasteiger charge is 2.30. The minimum Gasteiger partial charge on any atom is -0.497 e. The number of fused-ring (bicyclic) bond motifs is 1. The number of ether oxygens (including phenoxy) is 3. The van der Waals surface area contributed by atoms with Gasteiger partial charge >= 0.3 is 0 Å². The van der Waals surface area contributed by atoms with Crippen LogP contribution in [-0.4, -0.2) is 7.11 Å². The van der Waals surface area contributed by atoms with Crippen LogP contribution in [0.4, 0.5) is 0 Å². The maximum atomic E-state index is 6.68. The molecule has 0 aromatic heterocycles. The van der Waals surface area contributed by atoms with E-state index in [1.54, 1.807) is 7.11 Å². The molecule has 5 rings (SSSR count). The van der Waals surface area contributed by atoms with Gasteiger partial charge in [0.2, 0.25) is 0 Å². The summed E-state index contributed by atoms with van der Waals surface area (Å²) < 4.78 is 18.2. The number of aryl methyl sites for hydroxylation is 1. The molecule has 1 aliphatic heterocycles. The first-order valence-corrected chi connectivity index (χ1v) is 12.1. The fourth-order valence-corrected chi connectivity index (χ4v) is 4.68. The van der Waals surface area contributed by atoms with Gasteiger partial charge < -0.3 is 14.2 Å². The first-order chi connectivity index (χ1) is 17.2. The zero-order chi connectivity index (χ0) is 24.2. The third-order valence-corrected chi connectivity index (χ3v) is 6.46. The molecule has 1 unspecified atom stereocenters. The van der Waals surface area contributed by atoms with Crippen LogP contribution in [0.15, 0.2) is 97.1 Å². The lowest BCUT2D eigenvalue weighted by atomic mass is 9.84. The van der Waals surface area contributed by atoms with Crippen LogP contribution in [-0.2, 0) is 6.61 Å². The maximum Gasteiger partial charge on any atom is 0.150 e. The molecule has 0 N–H and O–H groups in total. The highest BCUT2D eigenvalue weighted by atomic mass is 16.5. The summed E-state index contributed by atoms with van der Waals surface area (Å²) >= 11 is 0. The molecule has 176 valence electrons. The van der Waals surface area contributed by atoms with E-state index in [4.69, 9.17) is 14.2 Å². The van der Waals surface area contributed by atoms with Gasteiger partial charge in [0.05, 0.1) is 7.11 Å². The molecular weight excluding hydrogens is 432 g/mol. The predicted molar refractivity (Wildman–Crippen MR) is 142 cm³/mol. The highest BCUT2D eigenvalue weighted by Crippen LogP contribution is 2.48. The molecule has 1 heterocycles. The fourth-order valence-electron chi connectivity index (χ4n) is 4.68. The fraction of sp³-hybridized carbons (Fsp3) is 0.188. The second-order valence-electron chi connectivity index (χ2n) is 8.82. The van der Waals surface area contributed by atoms with E-state index in [9.17, 15) is 0 Å². The summed E-state index contributed by atoms with van der Waals surface area (Å²) in [5.74, 6) is 2.60. The van der Waals surface area contributed by atoms with Gasteiger partial charge in [0, 0.05) is 11.1 Å². The van der Waals surface area contributed by atoms with Crippen molar-refractivity contribution < 1.29 is 14.2 Å². The van der Waals surface area contributed by atoms with Gasteiger partial charge in [-0.1, -0.05) is 73.2 Å². The summed E-state index contributed by atoms with van der Waals surface area (Å²) in [5.41, 5.74) is 8.23. The van der Waals surface area contributed by atoms with Crippen molar-refractivity contribution in [3.8, 4) is 17.2 Å². The van der Waals surface area contributed by atoms with Gasteiger partial charge in [-0.25, -0.2) is 0 Å². The summed E-state index contributed by atoms with van der Waals surface area (Å²) in [5, 5.41) is 0. The molecule has 0 bridgehead atoms. The molecule has 35 heavy (non-hydrogen) atoms. The number of benzene rings is 4. The largest absolute Gasteiger partial charge is 0.497 e. The molecule has 1 atom stereocenters. The normalized spacial score (nSPS) is 14.8. The molecule has 0 spiro atoms. The molecule has 0 saturated heterocycles. The second-order valence-corrected chi connectivity index (χ2v) is 8.82. The Morgan fingerprint density at radius 2 is 1.60 bits per heavy atom. The van der Waals surface area contributed by atoms with Gasteiger partial charge in [-0.3, -0.25) is 0 Å². The molecule has 0 amide bonds. The number of hydrogen-bond donors (Lipinski definition) is 0. The lowest BCUT2D eigenvalue weighted by molar-refractivity contribution is 0.259. The van der Waals surface area contributed by atoms with Crippen molar-refractivity contribution in [2.45, 2.75) is 33.0 Å². The molecule has 3 nitrogen and oxygen atoms in total. The van der Waals surface area contributed by atoms with Crippen molar-refractivity contribution >= 4 is 11.1 Å². The Morgan fingerprint density at radius 3 is 2.34 bits per heavy atom. The van der Waals surface area contributed by atoms with Crippen LogP contribution in [0.25, 0.3) is 11.1 Å². The van der Waals surface area contributed by atoms with Gasteiger partial charge in [-0.05, 0) is 72.0 Å². The standard InChI is InChI=1S/C32H30O3/c1-4-28-29-19-22(2)13-18-30(29)35-32(31(28)25-11-8-12-27(20-25)33-3)24-14-16-26(17-15-24)34-21-23-9-6-5-7-10-23/h5-20,32H,4,21H2,1-3H3. The van der Waals surface area contributed by atoms with E-state index in [-0.39, 0.29) is 6.10 Å². The van der Waals surface area contributed by atoms with Gasteiger partial charge in [-0.15, -0.1) is 0 Å². The monoisotopic (exact) mass is 462 g/mol. The average Bonchev–Trinajstić information content (AvgIpc) is 2.91. The van der Waals surface area contributed by atoms with E-state index < -0.39 is 0 Å². The summed E-state index contributed by atoms with van der Waals surface area (Å²) in [4.78, 5) is 0. The minimum absolute atomic E-state index is 0.226. The van der Waals surface area contributed by atoms with Crippen molar-refractivity contribution in [3.05, 3.63) is 125 Å². The van der Waals surface area contributed by atoms with Gasteiger partial charge in [0.1, 0.15) is 30.0 Å². The van der Waals surface area contributed by atoms with Gasteiger partial charge in [0.25, 0.3) is 0 Å². The van der Waals surface area contributed by atoms with Gasteiger partial charge in [-0.2, -0.15) is 0 Å². The quantitative estimate of drug-likeness (QED) is 0.278. The molecule has 0 radical (unpaired) electrons. The second kappa shape index (κ2) is 10.1. The first kappa shape index (κ1) is 22.8. The Balaban J connectivity index is 1.53. The molecule has 0 fully saturated rings. The van der Waals surface area contributed by atoms with Crippen LogP contribution in [0, 0.1) is 6.92 Å². The van der Waals surface area contributed by atoms with Gasteiger partial charge in [0.15, 0.2) is 0 Å². The lowest BCUT2D eigenvalue weighted by Crippen LogP contribution is -2.17. The van der Waals surface area contributed by atoms with Crippen LogP contribution in [0.2, 0.25) is 0 Å². The number of methoxy groups -OCH3 is 1. The van der Waals surface area contributed by atoms with Crippen LogP contribution < -0.4 is 14.2 Å². The summed E-state index contributed by atoms with van der Waals surface area (Å²) in [6.45, 7) is 4.88. The van der Waals surface area contributed by atoms with Crippen LogP contribution in [0.5, 0.6) is 17.2 Å². The van der Waals surface area contributed by atoms with Crippen molar-refractivity contribution in [2.75, 3.05) is 7.11 Å². The van der Waals surface area contributed by atoms with E-state index >= 15 is 0 Å². The van der Waals surface area contributed by atoms with E-state index in [0.29, 0.717) is 6.61 Å². The molecule has 4 aromatic rings. The maximum absolute atomic E-state index is 6.68. The molecule has 1 aliphatic rings. The van der Waals surface area contributed by atoms with E-state index in [0.717, 1.165) is 40.4 Å². The third-order valence-electron chi connectivity index (χ3n) is 6.46. The summed E-state index contributed by atoms with van der Waals surface area (Å²) in [6.07, 6.45) is 0.677. The van der Waals surface area contributed by atoms with Crippen molar-refractivity contribution in [2.24, 2.45) is 0 Å². The zero-order valence-electron chi connectivity index (χ0n) is 20.5. The molecule has 0 aliphatic carbocycles. The number of rotatable bonds is 7. The van der Waals surface area contributed by atoms with Crippen LogP contribution in [0.3, 0.4) is 0 Å². The molecule has 0 saturated carbocycles. The summed E-state index contributed by atoms with van der Waals surface area (Å²) in [7, 11) is 1.70.